The number of rotatable bonds is 5. The fourth-order valence-corrected chi connectivity index (χ4v) is 1.98. The second-order valence-corrected chi connectivity index (χ2v) is 4.44. The van der Waals surface area contributed by atoms with E-state index >= 15 is 0 Å². The standard InChI is InChI=1S/C14H20N4/c1-4-18-11-15-9-12(18)10-16-13-7-5-6-8-14(13)17(2)3/h5-9,11,16H,4,10H2,1-3H3. The summed E-state index contributed by atoms with van der Waals surface area (Å²) in [6.07, 6.45) is 3.78. The van der Waals surface area contributed by atoms with Crippen molar-refractivity contribution in [1.29, 1.82) is 0 Å². The maximum atomic E-state index is 4.18. The number of hydrogen-bond acceptors (Lipinski definition) is 3. The summed E-state index contributed by atoms with van der Waals surface area (Å²) >= 11 is 0. The molecule has 0 spiro atoms. The fourth-order valence-electron chi connectivity index (χ4n) is 1.98. The molecule has 1 heterocycles. The molecule has 1 aromatic heterocycles. The highest BCUT2D eigenvalue weighted by Gasteiger charge is 2.04. The normalized spacial score (nSPS) is 10.4. The number of nitrogens with one attached hydrogen (secondary N) is 1. The van der Waals surface area contributed by atoms with Gasteiger partial charge < -0.3 is 14.8 Å². The van der Waals surface area contributed by atoms with Crippen molar-refractivity contribution in [2.75, 3.05) is 24.3 Å². The first-order chi connectivity index (χ1) is 8.72. The van der Waals surface area contributed by atoms with Gasteiger partial charge in [-0.2, -0.15) is 0 Å². The van der Waals surface area contributed by atoms with Crippen LogP contribution < -0.4 is 10.2 Å². The van der Waals surface area contributed by atoms with Gasteiger partial charge in [-0.25, -0.2) is 4.98 Å². The number of nitrogens with zero attached hydrogens (tertiary/aromatic N) is 3. The Morgan fingerprint density at radius 1 is 1.28 bits per heavy atom. The van der Waals surface area contributed by atoms with E-state index in [1.807, 2.05) is 18.6 Å². The average Bonchev–Trinajstić information content (AvgIpc) is 2.84. The number of anilines is 2. The number of aromatic nitrogens is 2. The molecular formula is C14H20N4. The molecule has 1 aromatic carbocycles. The Kier molecular flexibility index (Phi) is 3.87. The Morgan fingerprint density at radius 3 is 2.78 bits per heavy atom. The molecular weight excluding hydrogens is 224 g/mol. The van der Waals surface area contributed by atoms with Crippen LogP contribution in [0.25, 0.3) is 0 Å². The smallest absolute Gasteiger partial charge is 0.0948 e. The predicted molar refractivity (Wildman–Crippen MR) is 76.0 cm³/mol. The lowest BCUT2D eigenvalue weighted by molar-refractivity contribution is 0.719. The Hall–Kier alpha value is -1.97. The topological polar surface area (TPSA) is 33.1 Å². The van der Waals surface area contributed by atoms with E-state index in [2.05, 4.69) is 59.0 Å². The van der Waals surface area contributed by atoms with E-state index in [1.54, 1.807) is 0 Å². The third-order valence-corrected chi connectivity index (χ3v) is 2.99. The molecule has 18 heavy (non-hydrogen) atoms. The Morgan fingerprint density at radius 2 is 2.06 bits per heavy atom. The maximum Gasteiger partial charge on any atom is 0.0948 e. The zero-order valence-electron chi connectivity index (χ0n) is 11.2. The first-order valence-corrected chi connectivity index (χ1v) is 6.21. The predicted octanol–water partition coefficient (Wildman–Crippen LogP) is 2.58. The van der Waals surface area contributed by atoms with Gasteiger partial charge in [0, 0.05) is 26.8 Å². The van der Waals surface area contributed by atoms with Crippen molar-refractivity contribution in [3.05, 3.63) is 42.5 Å². The van der Waals surface area contributed by atoms with Crippen LogP contribution >= 0.6 is 0 Å². The molecule has 0 saturated heterocycles. The van der Waals surface area contributed by atoms with E-state index in [9.17, 15) is 0 Å². The van der Waals surface area contributed by atoms with Crippen molar-refractivity contribution in [2.24, 2.45) is 0 Å². The number of imidazole rings is 1. The van der Waals surface area contributed by atoms with Crippen LogP contribution in [0.5, 0.6) is 0 Å². The largest absolute Gasteiger partial charge is 0.378 e. The van der Waals surface area contributed by atoms with E-state index < -0.39 is 0 Å². The van der Waals surface area contributed by atoms with Gasteiger partial charge in [0.1, 0.15) is 0 Å². The van der Waals surface area contributed by atoms with Crippen molar-refractivity contribution < 1.29 is 0 Å². The minimum Gasteiger partial charge on any atom is -0.378 e. The van der Waals surface area contributed by atoms with Gasteiger partial charge in [-0.05, 0) is 19.1 Å². The molecule has 0 unspecified atom stereocenters. The van der Waals surface area contributed by atoms with Crippen LogP contribution in [0.15, 0.2) is 36.8 Å². The van der Waals surface area contributed by atoms with E-state index in [-0.39, 0.29) is 0 Å². The van der Waals surface area contributed by atoms with Crippen molar-refractivity contribution in [3.8, 4) is 0 Å². The fraction of sp³-hybridized carbons (Fsp3) is 0.357. The molecule has 0 amide bonds. The molecule has 0 atom stereocenters. The summed E-state index contributed by atoms with van der Waals surface area (Å²) in [5, 5.41) is 3.47. The lowest BCUT2D eigenvalue weighted by Crippen LogP contribution is -2.13. The molecule has 4 heteroatoms. The molecule has 1 N–H and O–H groups in total. The second-order valence-electron chi connectivity index (χ2n) is 4.44. The minimum atomic E-state index is 0.790. The van der Waals surface area contributed by atoms with Gasteiger partial charge in [-0.3, -0.25) is 0 Å². The molecule has 0 aliphatic heterocycles. The zero-order chi connectivity index (χ0) is 13.0. The summed E-state index contributed by atoms with van der Waals surface area (Å²) in [5.74, 6) is 0. The first-order valence-electron chi connectivity index (χ1n) is 6.21. The van der Waals surface area contributed by atoms with Gasteiger partial charge in [0.2, 0.25) is 0 Å². The van der Waals surface area contributed by atoms with Crippen molar-refractivity contribution in [3.63, 3.8) is 0 Å². The van der Waals surface area contributed by atoms with E-state index in [1.165, 1.54) is 11.4 Å². The van der Waals surface area contributed by atoms with E-state index in [0.29, 0.717) is 0 Å². The molecule has 0 bridgehead atoms. The Balaban J connectivity index is 2.11. The van der Waals surface area contributed by atoms with Crippen LogP contribution in [-0.2, 0) is 13.1 Å². The third-order valence-electron chi connectivity index (χ3n) is 2.99. The number of para-hydroxylation sites is 2. The average molecular weight is 244 g/mol. The molecule has 2 aromatic rings. The molecule has 0 fully saturated rings. The van der Waals surface area contributed by atoms with Crippen molar-refractivity contribution >= 4 is 11.4 Å². The van der Waals surface area contributed by atoms with Gasteiger partial charge in [-0.1, -0.05) is 12.1 Å². The van der Waals surface area contributed by atoms with Crippen LogP contribution in [0.1, 0.15) is 12.6 Å². The number of benzene rings is 1. The van der Waals surface area contributed by atoms with Gasteiger partial charge in [0.05, 0.1) is 29.9 Å². The minimum absolute atomic E-state index is 0.790. The van der Waals surface area contributed by atoms with Gasteiger partial charge >= 0.3 is 0 Å². The summed E-state index contributed by atoms with van der Waals surface area (Å²) in [5.41, 5.74) is 3.54. The van der Waals surface area contributed by atoms with Crippen LogP contribution in [-0.4, -0.2) is 23.6 Å². The lowest BCUT2D eigenvalue weighted by atomic mass is 10.2. The van der Waals surface area contributed by atoms with E-state index in [4.69, 9.17) is 0 Å². The third kappa shape index (κ3) is 2.64. The van der Waals surface area contributed by atoms with Gasteiger partial charge in [-0.15, -0.1) is 0 Å². The molecule has 0 radical (unpaired) electrons. The summed E-state index contributed by atoms with van der Waals surface area (Å²) in [6.45, 7) is 3.87. The Labute approximate surface area is 108 Å². The van der Waals surface area contributed by atoms with Gasteiger partial charge in [0.15, 0.2) is 0 Å². The Bertz CT molecular complexity index is 502. The summed E-state index contributed by atoms with van der Waals surface area (Å²) in [4.78, 5) is 6.29. The van der Waals surface area contributed by atoms with Crippen LogP contribution in [0, 0.1) is 0 Å². The molecule has 4 nitrogen and oxygen atoms in total. The van der Waals surface area contributed by atoms with Gasteiger partial charge in [0.25, 0.3) is 0 Å². The van der Waals surface area contributed by atoms with E-state index in [0.717, 1.165) is 18.8 Å². The van der Waals surface area contributed by atoms with Crippen molar-refractivity contribution in [2.45, 2.75) is 20.0 Å². The SMILES string of the molecule is CCn1cncc1CNc1ccccc1N(C)C. The highest BCUT2D eigenvalue weighted by molar-refractivity contribution is 5.69. The highest BCUT2D eigenvalue weighted by atomic mass is 15.1. The molecule has 2 rings (SSSR count). The highest BCUT2D eigenvalue weighted by Crippen LogP contribution is 2.23. The summed E-state index contributed by atoms with van der Waals surface area (Å²) in [7, 11) is 4.10. The maximum absolute atomic E-state index is 4.18. The molecule has 96 valence electrons. The summed E-state index contributed by atoms with van der Waals surface area (Å²) < 4.78 is 2.14. The lowest BCUT2D eigenvalue weighted by Gasteiger charge is -2.18. The molecule has 0 aliphatic carbocycles. The van der Waals surface area contributed by atoms with Crippen LogP contribution in [0.3, 0.4) is 0 Å². The quantitative estimate of drug-likeness (QED) is 0.877. The first kappa shape index (κ1) is 12.5. The van der Waals surface area contributed by atoms with Crippen LogP contribution in [0.2, 0.25) is 0 Å². The second kappa shape index (κ2) is 5.58. The van der Waals surface area contributed by atoms with Crippen LogP contribution in [0.4, 0.5) is 11.4 Å². The zero-order valence-corrected chi connectivity index (χ0v) is 11.2. The molecule has 0 aliphatic rings. The monoisotopic (exact) mass is 244 g/mol. The number of hydrogen-bond donors (Lipinski definition) is 1. The number of aryl methyl sites for hydroxylation is 1. The molecule has 0 saturated carbocycles. The van der Waals surface area contributed by atoms with Crippen molar-refractivity contribution in [1.82, 2.24) is 9.55 Å². The summed E-state index contributed by atoms with van der Waals surface area (Å²) in [6, 6.07) is 8.31.